The van der Waals surface area contributed by atoms with E-state index in [-0.39, 0.29) is 6.10 Å². The lowest BCUT2D eigenvalue weighted by Gasteiger charge is -2.20. The summed E-state index contributed by atoms with van der Waals surface area (Å²) >= 11 is 0. The second-order valence-electron chi connectivity index (χ2n) is 5.42. The van der Waals surface area contributed by atoms with E-state index < -0.39 is 0 Å². The molecule has 0 aliphatic heterocycles. The summed E-state index contributed by atoms with van der Waals surface area (Å²) in [6, 6.07) is 10.3. The topological polar surface area (TPSA) is 39.1 Å². The molecule has 0 fully saturated rings. The van der Waals surface area contributed by atoms with Gasteiger partial charge in [0.1, 0.15) is 6.10 Å². The van der Waals surface area contributed by atoms with Crippen LogP contribution in [0.4, 0.5) is 0 Å². The lowest BCUT2D eigenvalue weighted by Crippen LogP contribution is -2.28. The summed E-state index contributed by atoms with van der Waals surface area (Å²) in [7, 11) is 1.89. The van der Waals surface area contributed by atoms with E-state index in [2.05, 4.69) is 36.4 Å². The number of nitrogens with one attached hydrogen (secondary N) is 1. The van der Waals surface area contributed by atoms with E-state index in [9.17, 15) is 0 Å². The first-order valence-corrected chi connectivity index (χ1v) is 7.06. The maximum atomic E-state index is 6.06. The Hall–Kier alpha value is -1.81. The molecule has 0 aliphatic carbocycles. The molecule has 1 N–H and O–H groups in total. The van der Waals surface area contributed by atoms with Crippen molar-refractivity contribution in [3.8, 4) is 5.75 Å². The number of hydrogen-bond acceptors (Lipinski definition) is 3. The third-order valence-corrected chi connectivity index (χ3v) is 3.01. The fourth-order valence-corrected chi connectivity index (χ4v) is 2.02. The highest BCUT2D eigenvalue weighted by molar-refractivity contribution is 5.21. The highest BCUT2D eigenvalue weighted by Gasteiger charge is 2.14. The monoisotopic (exact) mass is 273 g/mol. The van der Waals surface area contributed by atoms with E-state index in [1.165, 1.54) is 5.56 Å². The molecule has 1 heterocycles. The van der Waals surface area contributed by atoms with Gasteiger partial charge in [0.15, 0.2) is 5.75 Å². The Balaban J connectivity index is 2.03. The Bertz CT molecular complexity index is 507. The molecule has 2 aromatic rings. The van der Waals surface area contributed by atoms with Gasteiger partial charge in [-0.05, 0) is 18.0 Å². The maximum Gasteiger partial charge on any atom is 0.158 e. The number of ether oxygens (including phenoxy) is 1. The van der Waals surface area contributed by atoms with Gasteiger partial charge in [0.2, 0.25) is 0 Å². The van der Waals surface area contributed by atoms with Crippen LogP contribution in [0, 0.1) is 5.92 Å². The highest BCUT2D eigenvalue weighted by Crippen LogP contribution is 2.20. The molecule has 4 nitrogen and oxygen atoms in total. The molecule has 0 bridgehead atoms. The van der Waals surface area contributed by atoms with Gasteiger partial charge < -0.3 is 10.1 Å². The van der Waals surface area contributed by atoms with Crippen molar-refractivity contribution in [1.82, 2.24) is 15.1 Å². The predicted octanol–water partition coefficient (Wildman–Crippen LogP) is 2.79. The van der Waals surface area contributed by atoms with Crippen LogP contribution in [0.2, 0.25) is 0 Å². The molecule has 0 saturated carbocycles. The van der Waals surface area contributed by atoms with Crippen LogP contribution in [-0.2, 0) is 7.05 Å². The number of nitrogens with zero attached hydrogens (tertiary/aromatic N) is 2. The van der Waals surface area contributed by atoms with E-state index >= 15 is 0 Å². The van der Waals surface area contributed by atoms with Gasteiger partial charge in [-0.15, -0.1) is 0 Å². The van der Waals surface area contributed by atoms with Crippen molar-refractivity contribution >= 4 is 0 Å². The lowest BCUT2D eigenvalue weighted by atomic mass is 10.1. The molecule has 1 unspecified atom stereocenters. The van der Waals surface area contributed by atoms with Crippen LogP contribution in [0.5, 0.6) is 5.75 Å². The van der Waals surface area contributed by atoms with Crippen LogP contribution < -0.4 is 10.1 Å². The maximum absolute atomic E-state index is 6.06. The summed E-state index contributed by atoms with van der Waals surface area (Å²) in [6.45, 7) is 6.18. The van der Waals surface area contributed by atoms with E-state index in [4.69, 9.17) is 4.74 Å². The SMILES string of the molecule is CC(C)CNCC(Oc1cnn(C)c1)c1ccccc1. The fourth-order valence-electron chi connectivity index (χ4n) is 2.02. The molecule has 1 aromatic heterocycles. The lowest BCUT2D eigenvalue weighted by molar-refractivity contribution is 0.200. The van der Waals surface area contributed by atoms with Crippen molar-refractivity contribution in [1.29, 1.82) is 0 Å². The van der Waals surface area contributed by atoms with Crippen LogP contribution in [0.3, 0.4) is 0 Å². The van der Waals surface area contributed by atoms with Crippen LogP contribution >= 0.6 is 0 Å². The third-order valence-electron chi connectivity index (χ3n) is 3.01. The Kier molecular flexibility index (Phi) is 5.18. The highest BCUT2D eigenvalue weighted by atomic mass is 16.5. The number of aromatic nitrogens is 2. The molecular formula is C16H23N3O. The minimum atomic E-state index is -0.000787. The van der Waals surface area contributed by atoms with E-state index in [0.717, 1.165) is 18.8 Å². The van der Waals surface area contributed by atoms with Gasteiger partial charge in [-0.1, -0.05) is 44.2 Å². The van der Waals surface area contributed by atoms with E-state index in [0.29, 0.717) is 5.92 Å². The standard InChI is InChI=1S/C16H23N3O/c1-13(2)9-17-11-16(14-7-5-4-6-8-14)20-15-10-18-19(3)12-15/h4-8,10,12-13,16-17H,9,11H2,1-3H3. The van der Waals surface area contributed by atoms with Crippen LogP contribution in [-0.4, -0.2) is 22.9 Å². The fraction of sp³-hybridized carbons (Fsp3) is 0.438. The molecule has 0 saturated heterocycles. The second-order valence-corrected chi connectivity index (χ2v) is 5.42. The Morgan fingerprint density at radius 1 is 1.20 bits per heavy atom. The number of rotatable bonds is 7. The first kappa shape index (κ1) is 14.6. The van der Waals surface area contributed by atoms with Gasteiger partial charge in [0, 0.05) is 13.6 Å². The third kappa shape index (κ3) is 4.38. The van der Waals surface area contributed by atoms with Crippen LogP contribution in [0.25, 0.3) is 0 Å². The number of hydrogen-bond donors (Lipinski definition) is 1. The van der Waals surface area contributed by atoms with Gasteiger partial charge in [-0.3, -0.25) is 4.68 Å². The second kappa shape index (κ2) is 7.10. The Morgan fingerprint density at radius 3 is 2.55 bits per heavy atom. The summed E-state index contributed by atoms with van der Waals surface area (Å²) < 4.78 is 7.81. The van der Waals surface area contributed by atoms with E-state index in [1.807, 2.05) is 31.4 Å². The van der Waals surface area contributed by atoms with Crippen molar-refractivity contribution in [3.63, 3.8) is 0 Å². The van der Waals surface area contributed by atoms with Gasteiger partial charge in [-0.25, -0.2) is 0 Å². The van der Waals surface area contributed by atoms with E-state index in [1.54, 1.807) is 10.9 Å². The summed E-state index contributed by atoms with van der Waals surface area (Å²) in [6.07, 6.45) is 3.63. The van der Waals surface area contributed by atoms with Crippen LogP contribution in [0.1, 0.15) is 25.5 Å². The largest absolute Gasteiger partial charge is 0.481 e. The minimum Gasteiger partial charge on any atom is -0.481 e. The summed E-state index contributed by atoms with van der Waals surface area (Å²) in [5.74, 6) is 1.43. The summed E-state index contributed by atoms with van der Waals surface area (Å²) in [4.78, 5) is 0. The summed E-state index contributed by atoms with van der Waals surface area (Å²) in [5.41, 5.74) is 1.17. The molecule has 4 heteroatoms. The molecule has 20 heavy (non-hydrogen) atoms. The van der Waals surface area contributed by atoms with Crippen molar-refractivity contribution < 1.29 is 4.74 Å². The van der Waals surface area contributed by atoms with Gasteiger partial charge in [0.25, 0.3) is 0 Å². The van der Waals surface area contributed by atoms with Gasteiger partial charge in [0.05, 0.1) is 12.4 Å². The smallest absolute Gasteiger partial charge is 0.158 e. The minimum absolute atomic E-state index is 0.000787. The zero-order valence-corrected chi connectivity index (χ0v) is 12.4. The molecular weight excluding hydrogens is 250 g/mol. The molecule has 108 valence electrons. The summed E-state index contributed by atoms with van der Waals surface area (Å²) in [5, 5.41) is 7.60. The Labute approximate surface area is 120 Å². The molecule has 0 radical (unpaired) electrons. The Morgan fingerprint density at radius 2 is 1.95 bits per heavy atom. The molecule has 2 rings (SSSR count). The van der Waals surface area contributed by atoms with Crippen LogP contribution in [0.15, 0.2) is 42.7 Å². The van der Waals surface area contributed by atoms with Gasteiger partial charge >= 0.3 is 0 Å². The van der Waals surface area contributed by atoms with Gasteiger partial charge in [-0.2, -0.15) is 5.10 Å². The van der Waals surface area contributed by atoms with Crippen molar-refractivity contribution in [2.75, 3.05) is 13.1 Å². The zero-order valence-electron chi connectivity index (χ0n) is 12.4. The number of benzene rings is 1. The van der Waals surface area contributed by atoms with Crippen molar-refractivity contribution in [2.24, 2.45) is 13.0 Å². The molecule has 0 spiro atoms. The van der Waals surface area contributed by atoms with Crippen molar-refractivity contribution in [2.45, 2.75) is 20.0 Å². The molecule has 1 aromatic carbocycles. The number of aryl methyl sites for hydroxylation is 1. The molecule has 1 atom stereocenters. The predicted molar refractivity (Wildman–Crippen MR) is 80.7 cm³/mol. The first-order valence-electron chi connectivity index (χ1n) is 7.06. The van der Waals surface area contributed by atoms with Crippen molar-refractivity contribution in [3.05, 3.63) is 48.3 Å². The first-order chi connectivity index (χ1) is 9.65. The average molecular weight is 273 g/mol. The average Bonchev–Trinajstić information content (AvgIpc) is 2.84. The molecule has 0 aliphatic rings. The normalized spacial score (nSPS) is 12.6. The molecule has 0 amide bonds. The quantitative estimate of drug-likeness (QED) is 0.843. The zero-order chi connectivity index (χ0) is 14.4.